The van der Waals surface area contributed by atoms with Crippen molar-refractivity contribution >= 4 is 21.6 Å². The number of carbonyl (C=O) groups excluding carboxylic acids is 2. The lowest BCUT2D eigenvalue weighted by atomic mass is 9.83. The Morgan fingerprint density at radius 1 is 0.704 bits per heavy atom. The molecule has 1 aliphatic rings. The van der Waals surface area contributed by atoms with Crippen LogP contribution in [-0.2, 0) is 10.0 Å². The molecule has 134 valence electrons. The van der Waals surface area contributed by atoms with E-state index in [1.807, 2.05) is 0 Å². The number of primary sulfonamides is 1. The van der Waals surface area contributed by atoms with Gasteiger partial charge in [0.25, 0.3) is 0 Å². The highest BCUT2D eigenvalue weighted by molar-refractivity contribution is 7.89. The number of ketones is 2. The molecule has 0 heterocycles. The molecule has 0 unspecified atom stereocenters. The Morgan fingerprint density at radius 2 is 1.30 bits per heavy atom. The zero-order chi connectivity index (χ0) is 19.2. The van der Waals surface area contributed by atoms with Gasteiger partial charge < -0.3 is 4.74 Å². The van der Waals surface area contributed by atoms with Gasteiger partial charge >= 0.3 is 0 Å². The molecular formula is C20H13NO5S. The van der Waals surface area contributed by atoms with Crippen LogP contribution >= 0.6 is 0 Å². The van der Waals surface area contributed by atoms with Crippen LogP contribution in [0.2, 0.25) is 0 Å². The molecular weight excluding hydrogens is 366 g/mol. The summed E-state index contributed by atoms with van der Waals surface area (Å²) in [5, 5.41) is 5.08. The van der Waals surface area contributed by atoms with E-state index in [0.717, 1.165) is 0 Å². The maximum absolute atomic E-state index is 12.9. The first kappa shape index (κ1) is 17.1. The molecule has 0 saturated heterocycles. The number of hydrogen-bond donors (Lipinski definition) is 1. The zero-order valence-corrected chi connectivity index (χ0v) is 14.7. The van der Waals surface area contributed by atoms with Crippen LogP contribution in [0.1, 0.15) is 31.8 Å². The standard InChI is InChI=1S/C20H13NO5S/c21-27(24,25)13-10-8-12(9-11-13)26-17-7-3-6-16-18(17)20(23)15-5-2-1-4-14(15)19(16)22/h1-11H,(H2,21,24,25). The average molecular weight is 379 g/mol. The monoisotopic (exact) mass is 379 g/mol. The van der Waals surface area contributed by atoms with Crippen molar-refractivity contribution in [2.45, 2.75) is 4.90 Å². The van der Waals surface area contributed by atoms with Gasteiger partial charge in [-0.1, -0.05) is 36.4 Å². The molecule has 0 fully saturated rings. The van der Waals surface area contributed by atoms with Crippen molar-refractivity contribution in [2.75, 3.05) is 0 Å². The molecule has 3 aromatic rings. The molecule has 0 atom stereocenters. The average Bonchev–Trinajstić information content (AvgIpc) is 2.66. The van der Waals surface area contributed by atoms with Gasteiger partial charge in [0.1, 0.15) is 11.5 Å². The zero-order valence-electron chi connectivity index (χ0n) is 13.9. The van der Waals surface area contributed by atoms with Crippen molar-refractivity contribution in [3.05, 3.63) is 89.0 Å². The van der Waals surface area contributed by atoms with Crippen molar-refractivity contribution in [3.63, 3.8) is 0 Å². The number of benzene rings is 3. The molecule has 0 aromatic heterocycles. The van der Waals surface area contributed by atoms with Gasteiger partial charge in [-0.25, -0.2) is 13.6 Å². The molecule has 3 aromatic carbocycles. The Bertz CT molecular complexity index is 1200. The number of nitrogens with two attached hydrogens (primary N) is 1. The highest BCUT2D eigenvalue weighted by Crippen LogP contribution is 2.35. The van der Waals surface area contributed by atoms with E-state index in [1.165, 1.54) is 24.3 Å². The van der Waals surface area contributed by atoms with Crippen LogP contribution in [-0.4, -0.2) is 20.0 Å². The second-order valence-corrected chi connectivity index (χ2v) is 7.56. The predicted octanol–water partition coefficient (Wildman–Crippen LogP) is 2.90. The Balaban J connectivity index is 1.76. The fourth-order valence-corrected chi connectivity index (χ4v) is 3.54. The van der Waals surface area contributed by atoms with Crippen LogP contribution in [0.25, 0.3) is 0 Å². The van der Waals surface area contributed by atoms with Crippen LogP contribution < -0.4 is 9.88 Å². The molecule has 7 heteroatoms. The number of fused-ring (bicyclic) bond motifs is 2. The summed E-state index contributed by atoms with van der Waals surface area (Å²) in [6, 6.07) is 16.9. The molecule has 0 saturated carbocycles. The van der Waals surface area contributed by atoms with Gasteiger partial charge in [-0.3, -0.25) is 9.59 Å². The quantitative estimate of drug-likeness (QED) is 0.589. The molecule has 0 bridgehead atoms. The summed E-state index contributed by atoms with van der Waals surface area (Å²) in [5.41, 5.74) is 1.16. The summed E-state index contributed by atoms with van der Waals surface area (Å²) in [5.74, 6) is 0.00537. The Kier molecular flexibility index (Phi) is 3.91. The van der Waals surface area contributed by atoms with E-state index in [9.17, 15) is 18.0 Å². The fraction of sp³-hybridized carbons (Fsp3) is 0. The van der Waals surface area contributed by atoms with Gasteiger partial charge in [0, 0.05) is 16.7 Å². The Hall–Kier alpha value is -3.29. The normalized spacial score (nSPS) is 13.1. The third-order valence-corrected chi connectivity index (χ3v) is 5.22. The number of ether oxygens (including phenoxy) is 1. The largest absolute Gasteiger partial charge is 0.457 e. The maximum atomic E-state index is 12.9. The summed E-state index contributed by atoms with van der Waals surface area (Å²) < 4.78 is 28.5. The van der Waals surface area contributed by atoms with E-state index < -0.39 is 10.0 Å². The predicted molar refractivity (Wildman–Crippen MR) is 97.6 cm³/mol. The van der Waals surface area contributed by atoms with Gasteiger partial charge in [0.2, 0.25) is 10.0 Å². The van der Waals surface area contributed by atoms with Crippen molar-refractivity contribution in [1.82, 2.24) is 0 Å². The smallest absolute Gasteiger partial charge is 0.238 e. The van der Waals surface area contributed by atoms with Crippen LogP contribution in [0.5, 0.6) is 11.5 Å². The van der Waals surface area contributed by atoms with Crippen LogP contribution in [0.4, 0.5) is 0 Å². The molecule has 6 nitrogen and oxygen atoms in total. The summed E-state index contributed by atoms with van der Waals surface area (Å²) >= 11 is 0. The second kappa shape index (κ2) is 6.15. The lowest BCUT2D eigenvalue weighted by Crippen LogP contribution is -2.21. The summed E-state index contributed by atoms with van der Waals surface area (Å²) in [4.78, 5) is 25.6. The van der Waals surface area contributed by atoms with E-state index >= 15 is 0 Å². The SMILES string of the molecule is NS(=O)(=O)c1ccc(Oc2cccc3c2C(=O)c2ccccc2C3=O)cc1. The van der Waals surface area contributed by atoms with Gasteiger partial charge in [-0.15, -0.1) is 0 Å². The molecule has 0 radical (unpaired) electrons. The molecule has 0 amide bonds. The second-order valence-electron chi connectivity index (χ2n) is 6.00. The van der Waals surface area contributed by atoms with Gasteiger partial charge in [0.05, 0.1) is 10.5 Å². The van der Waals surface area contributed by atoms with Crippen LogP contribution in [0.3, 0.4) is 0 Å². The van der Waals surface area contributed by atoms with Gasteiger partial charge in [-0.2, -0.15) is 0 Å². The summed E-state index contributed by atoms with van der Waals surface area (Å²) in [7, 11) is -3.81. The maximum Gasteiger partial charge on any atom is 0.238 e. The van der Waals surface area contributed by atoms with E-state index in [-0.39, 0.29) is 33.3 Å². The third-order valence-electron chi connectivity index (χ3n) is 4.29. The highest BCUT2D eigenvalue weighted by atomic mass is 32.2. The molecule has 0 aliphatic heterocycles. The third kappa shape index (κ3) is 2.92. The fourth-order valence-electron chi connectivity index (χ4n) is 3.02. The minimum Gasteiger partial charge on any atom is -0.457 e. The van der Waals surface area contributed by atoms with Crippen LogP contribution in [0.15, 0.2) is 71.6 Å². The number of carbonyl (C=O) groups is 2. The minimum atomic E-state index is -3.81. The molecule has 1 aliphatic carbocycles. The molecule has 27 heavy (non-hydrogen) atoms. The van der Waals surface area contributed by atoms with Crippen molar-refractivity contribution in [1.29, 1.82) is 0 Å². The minimum absolute atomic E-state index is 0.0508. The lowest BCUT2D eigenvalue weighted by molar-refractivity contribution is 0.0977. The van der Waals surface area contributed by atoms with E-state index in [2.05, 4.69) is 0 Å². The lowest BCUT2D eigenvalue weighted by Gasteiger charge is -2.20. The summed E-state index contributed by atoms with van der Waals surface area (Å²) in [6.07, 6.45) is 0. The number of hydrogen-bond acceptors (Lipinski definition) is 5. The van der Waals surface area contributed by atoms with Crippen molar-refractivity contribution in [2.24, 2.45) is 5.14 Å². The topological polar surface area (TPSA) is 104 Å². The van der Waals surface area contributed by atoms with E-state index in [4.69, 9.17) is 9.88 Å². The van der Waals surface area contributed by atoms with E-state index in [0.29, 0.717) is 16.9 Å². The van der Waals surface area contributed by atoms with Gasteiger partial charge in [-0.05, 0) is 30.3 Å². The molecule has 4 rings (SSSR count). The first-order chi connectivity index (χ1) is 12.9. The van der Waals surface area contributed by atoms with Gasteiger partial charge in [0.15, 0.2) is 11.6 Å². The van der Waals surface area contributed by atoms with Crippen molar-refractivity contribution in [3.8, 4) is 11.5 Å². The van der Waals surface area contributed by atoms with Crippen molar-refractivity contribution < 1.29 is 22.7 Å². The highest BCUT2D eigenvalue weighted by Gasteiger charge is 2.32. The number of rotatable bonds is 3. The summed E-state index contributed by atoms with van der Waals surface area (Å²) in [6.45, 7) is 0. The molecule has 0 spiro atoms. The molecule has 2 N–H and O–H groups in total. The Labute approximate surface area is 155 Å². The van der Waals surface area contributed by atoms with E-state index in [1.54, 1.807) is 42.5 Å². The number of sulfonamides is 1. The van der Waals surface area contributed by atoms with Crippen LogP contribution in [0, 0.1) is 0 Å². The first-order valence-electron chi connectivity index (χ1n) is 7.98. The Morgan fingerprint density at radius 3 is 1.93 bits per heavy atom. The first-order valence-corrected chi connectivity index (χ1v) is 9.53.